The van der Waals surface area contributed by atoms with Gasteiger partial charge in [-0.05, 0) is 48.9 Å². The van der Waals surface area contributed by atoms with Crippen LogP contribution in [0.3, 0.4) is 0 Å². The minimum Gasteiger partial charge on any atom is -0.508 e. The third-order valence-electron chi connectivity index (χ3n) is 2.57. The van der Waals surface area contributed by atoms with Gasteiger partial charge >= 0.3 is 0 Å². The Kier molecular flexibility index (Phi) is 3.53. The van der Waals surface area contributed by atoms with E-state index >= 15 is 0 Å². The second-order valence-corrected chi connectivity index (χ2v) is 4.40. The predicted octanol–water partition coefficient (Wildman–Crippen LogP) is 3.61. The molecule has 1 amide bonds. The number of aromatic hydroxyl groups is 1. The summed E-state index contributed by atoms with van der Waals surface area (Å²) in [5.74, 6) is -0.161. The molecule has 0 aromatic heterocycles. The summed E-state index contributed by atoms with van der Waals surface area (Å²) in [6, 6.07) is 11.6. The normalized spacial score (nSPS) is 10.1. The number of rotatable bonds is 2. The SMILES string of the molecule is Cc1ccc(C(=O)Nc2ccc(Cl)cc2)cc1O. The van der Waals surface area contributed by atoms with E-state index < -0.39 is 0 Å². The fourth-order valence-corrected chi connectivity index (χ4v) is 1.61. The average molecular weight is 262 g/mol. The van der Waals surface area contributed by atoms with Crippen LogP contribution < -0.4 is 5.32 Å². The highest BCUT2D eigenvalue weighted by Crippen LogP contribution is 2.19. The van der Waals surface area contributed by atoms with Gasteiger partial charge in [-0.15, -0.1) is 0 Å². The van der Waals surface area contributed by atoms with Gasteiger partial charge in [-0.3, -0.25) is 4.79 Å². The maximum Gasteiger partial charge on any atom is 0.255 e. The highest BCUT2D eigenvalue weighted by molar-refractivity contribution is 6.30. The number of carbonyl (C=O) groups excluding carboxylic acids is 1. The number of anilines is 1. The fraction of sp³-hybridized carbons (Fsp3) is 0.0714. The largest absolute Gasteiger partial charge is 0.508 e. The number of aryl methyl sites for hydroxylation is 1. The lowest BCUT2D eigenvalue weighted by molar-refractivity contribution is 0.102. The van der Waals surface area contributed by atoms with Gasteiger partial charge in [0.25, 0.3) is 5.91 Å². The Balaban J connectivity index is 2.16. The van der Waals surface area contributed by atoms with E-state index in [0.717, 1.165) is 5.56 Å². The summed E-state index contributed by atoms with van der Waals surface area (Å²) in [6.07, 6.45) is 0. The lowest BCUT2D eigenvalue weighted by atomic mass is 10.1. The van der Waals surface area contributed by atoms with Crippen LogP contribution >= 0.6 is 11.6 Å². The van der Waals surface area contributed by atoms with Crippen molar-refractivity contribution in [2.24, 2.45) is 0 Å². The topological polar surface area (TPSA) is 49.3 Å². The number of nitrogens with one attached hydrogen (secondary N) is 1. The van der Waals surface area contributed by atoms with Gasteiger partial charge in [0.2, 0.25) is 0 Å². The smallest absolute Gasteiger partial charge is 0.255 e. The van der Waals surface area contributed by atoms with E-state index in [-0.39, 0.29) is 11.7 Å². The van der Waals surface area contributed by atoms with Crippen molar-refractivity contribution in [1.82, 2.24) is 0 Å². The molecule has 0 atom stereocenters. The zero-order valence-electron chi connectivity index (χ0n) is 9.77. The lowest BCUT2D eigenvalue weighted by Gasteiger charge is -2.06. The Hall–Kier alpha value is -2.00. The molecule has 0 saturated heterocycles. The highest BCUT2D eigenvalue weighted by atomic mass is 35.5. The molecule has 92 valence electrons. The van der Waals surface area contributed by atoms with Gasteiger partial charge in [0.15, 0.2) is 0 Å². The van der Waals surface area contributed by atoms with Crippen molar-refractivity contribution in [3.05, 3.63) is 58.6 Å². The number of hydrogen-bond donors (Lipinski definition) is 2. The number of phenolic OH excluding ortho intramolecular Hbond substituents is 1. The van der Waals surface area contributed by atoms with Crippen LogP contribution in [0, 0.1) is 6.92 Å². The summed E-state index contributed by atoms with van der Waals surface area (Å²) in [7, 11) is 0. The van der Waals surface area contributed by atoms with Crippen LogP contribution in [0.15, 0.2) is 42.5 Å². The van der Waals surface area contributed by atoms with Crippen molar-refractivity contribution < 1.29 is 9.90 Å². The molecule has 2 rings (SSSR count). The predicted molar refractivity (Wildman–Crippen MR) is 72.2 cm³/mol. The van der Waals surface area contributed by atoms with Crippen LogP contribution in [0.2, 0.25) is 5.02 Å². The quantitative estimate of drug-likeness (QED) is 0.868. The van der Waals surface area contributed by atoms with Crippen LogP contribution in [0.5, 0.6) is 5.75 Å². The first-order valence-electron chi connectivity index (χ1n) is 5.43. The summed E-state index contributed by atoms with van der Waals surface area (Å²) in [5.41, 5.74) is 1.80. The number of phenols is 1. The summed E-state index contributed by atoms with van der Waals surface area (Å²) < 4.78 is 0. The summed E-state index contributed by atoms with van der Waals surface area (Å²) in [4.78, 5) is 11.9. The van der Waals surface area contributed by atoms with E-state index in [1.165, 1.54) is 6.07 Å². The van der Waals surface area contributed by atoms with Crippen molar-refractivity contribution in [2.75, 3.05) is 5.32 Å². The molecule has 3 nitrogen and oxygen atoms in total. The molecule has 2 aromatic rings. The molecule has 0 aliphatic heterocycles. The molecule has 0 aliphatic carbocycles. The molecule has 0 spiro atoms. The van der Waals surface area contributed by atoms with Crippen LogP contribution in [0.25, 0.3) is 0 Å². The molecule has 0 unspecified atom stereocenters. The molecule has 2 aromatic carbocycles. The van der Waals surface area contributed by atoms with E-state index in [1.54, 1.807) is 43.3 Å². The Morgan fingerprint density at radius 3 is 2.44 bits per heavy atom. The first kappa shape index (κ1) is 12.5. The monoisotopic (exact) mass is 261 g/mol. The Bertz CT molecular complexity index is 579. The van der Waals surface area contributed by atoms with Crippen molar-refractivity contribution in [1.29, 1.82) is 0 Å². The second kappa shape index (κ2) is 5.10. The first-order chi connectivity index (χ1) is 8.56. The van der Waals surface area contributed by atoms with Crippen LogP contribution in [0.1, 0.15) is 15.9 Å². The second-order valence-electron chi connectivity index (χ2n) is 3.96. The van der Waals surface area contributed by atoms with Crippen LogP contribution in [-0.4, -0.2) is 11.0 Å². The maximum atomic E-state index is 11.9. The minimum absolute atomic E-state index is 0.110. The van der Waals surface area contributed by atoms with Gasteiger partial charge < -0.3 is 10.4 Å². The summed E-state index contributed by atoms with van der Waals surface area (Å²) in [5, 5.41) is 12.9. The van der Waals surface area contributed by atoms with Gasteiger partial charge in [0.05, 0.1) is 0 Å². The molecule has 2 N–H and O–H groups in total. The van der Waals surface area contributed by atoms with Gasteiger partial charge in [-0.25, -0.2) is 0 Å². The van der Waals surface area contributed by atoms with Gasteiger partial charge in [0, 0.05) is 16.3 Å². The average Bonchev–Trinajstić information content (AvgIpc) is 2.35. The molecular formula is C14H12ClNO2. The van der Waals surface area contributed by atoms with Crippen molar-refractivity contribution in [2.45, 2.75) is 6.92 Å². The van der Waals surface area contributed by atoms with E-state index in [0.29, 0.717) is 16.3 Å². The zero-order valence-corrected chi connectivity index (χ0v) is 10.5. The molecule has 0 saturated carbocycles. The number of halogens is 1. The molecular weight excluding hydrogens is 250 g/mol. The van der Waals surface area contributed by atoms with Crippen LogP contribution in [-0.2, 0) is 0 Å². The van der Waals surface area contributed by atoms with Crippen LogP contribution in [0.4, 0.5) is 5.69 Å². The molecule has 0 aliphatic rings. The number of benzene rings is 2. The minimum atomic E-state index is -0.271. The maximum absolute atomic E-state index is 11.9. The van der Waals surface area contributed by atoms with Gasteiger partial charge in [0.1, 0.15) is 5.75 Å². The third-order valence-corrected chi connectivity index (χ3v) is 2.83. The molecule has 18 heavy (non-hydrogen) atoms. The zero-order chi connectivity index (χ0) is 13.1. The lowest BCUT2D eigenvalue weighted by Crippen LogP contribution is -2.11. The number of hydrogen-bond acceptors (Lipinski definition) is 2. The van der Waals surface area contributed by atoms with E-state index in [1.807, 2.05) is 0 Å². The van der Waals surface area contributed by atoms with Crippen molar-refractivity contribution >= 4 is 23.2 Å². The molecule has 0 radical (unpaired) electrons. The van der Waals surface area contributed by atoms with E-state index in [9.17, 15) is 9.90 Å². The van der Waals surface area contributed by atoms with E-state index in [4.69, 9.17) is 11.6 Å². The number of amides is 1. The molecule has 0 fully saturated rings. The third kappa shape index (κ3) is 2.81. The Labute approximate surface area is 110 Å². The highest BCUT2D eigenvalue weighted by Gasteiger charge is 2.07. The van der Waals surface area contributed by atoms with Gasteiger partial charge in [-0.2, -0.15) is 0 Å². The summed E-state index contributed by atoms with van der Waals surface area (Å²) in [6.45, 7) is 1.77. The molecule has 0 bridgehead atoms. The Morgan fingerprint density at radius 2 is 1.83 bits per heavy atom. The van der Waals surface area contributed by atoms with Crippen molar-refractivity contribution in [3.63, 3.8) is 0 Å². The first-order valence-corrected chi connectivity index (χ1v) is 5.80. The summed E-state index contributed by atoms with van der Waals surface area (Å²) >= 11 is 5.76. The molecule has 4 heteroatoms. The molecule has 0 heterocycles. The van der Waals surface area contributed by atoms with Crippen molar-refractivity contribution in [3.8, 4) is 5.75 Å². The fourth-order valence-electron chi connectivity index (χ4n) is 1.49. The van der Waals surface area contributed by atoms with Gasteiger partial charge in [-0.1, -0.05) is 17.7 Å². The number of carbonyl (C=O) groups is 1. The van der Waals surface area contributed by atoms with E-state index in [2.05, 4.69) is 5.32 Å². The standard InChI is InChI=1S/C14H12ClNO2/c1-9-2-3-10(8-13(9)17)14(18)16-12-6-4-11(15)5-7-12/h2-8,17H,1H3,(H,16,18). The Morgan fingerprint density at radius 1 is 1.17 bits per heavy atom.